The van der Waals surface area contributed by atoms with Crippen molar-refractivity contribution in [2.75, 3.05) is 6.54 Å². The Labute approximate surface area is 120 Å². The number of carbonyl (C=O) groups is 1. The molecule has 0 aromatic heterocycles. The van der Waals surface area contributed by atoms with Crippen LogP contribution in [0.1, 0.15) is 36.5 Å². The van der Waals surface area contributed by atoms with Crippen LogP contribution in [0.25, 0.3) is 0 Å². The second kappa shape index (κ2) is 6.35. The van der Waals surface area contributed by atoms with Crippen molar-refractivity contribution in [2.45, 2.75) is 46.2 Å². The summed E-state index contributed by atoms with van der Waals surface area (Å²) in [6.45, 7) is 6.98. The van der Waals surface area contributed by atoms with Gasteiger partial charge in [-0.25, -0.2) is 4.39 Å². The number of hydrogen-bond donors (Lipinski definition) is 2. The maximum absolute atomic E-state index is 13.5. The number of hydrogen-bond acceptors (Lipinski definition) is 2. The van der Waals surface area contributed by atoms with Gasteiger partial charge in [-0.05, 0) is 56.8 Å². The molecule has 0 bridgehead atoms. The average Bonchev–Trinajstić information content (AvgIpc) is 2.42. The first-order valence-electron chi connectivity index (χ1n) is 7.24. The van der Waals surface area contributed by atoms with Crippen molar-refractivity contribution in [3.05, 3.63) is 34.6 Å². The molecule has 1 aromatic rings. The lowest BCUT2D eigenvalue weighted by Gasteiger charge is -2.27. The van der Waals surface area contributed by atoms with E-state index in [2.05, 4.69) is 17.6 Å². The Kier molecular flexibility index (Phi) is 4.76. The van der Waals surface area contributed by atoms with Crippen LogP contribution in [0.15, 0.2) is 12.1 Å². The van der Waals surface area contributed by atoms with E-state index < -0.39 is 0 Å². The number of halogens is 1. The van der Waals surface area contributed by atoms with E-state index in [1.165, 1.54) is 0 Å². The maximum Gasteiger partial charge on any atom is 0.223 e. The molecule has 2 N–H and O–H groups in total. The van der Waals surface area contributed by atoms with Gasteiger partial charge in [0.15, 0.2) is 0 Å². The molecule has 1 aliphatic heterocycles. The van der Waals surface area contributed by atoms with Crippen molar-refractivity contribution in [3.63, 3.8) is 0 Å². The summed E-state index contributed by atoms with van der Waals surface area (Å²) in [4.78, 5) is 12.1. The van der Waals surface area contributed by atoms with Gasteiger partial charge in [0.1, 0.15) is 5.82 Å². The van der Waals surface area contributed by atoms with Gasteiger partial charge < -0.3 is 10.6 Å². The number of rotatable bonds is 3. The highest BCUT2D eigenvalue weighted by molar-refractivity contribution is 5.78. The lowest BCUT2D eigenvalue weighted by Crippen LogP contribution is -2.42. The van der Waals surface area contributed by atoms with Crippen LogP contribution in [0.4, 0.5) is 4.39 Å². The maximum atomic E-state index is 13.5. The number of aryl methyl sites for hydroxylation is 2. The van der Waals surface area contributed by atoms with Gasteiger partial charge in [-0.1, -0.05) is 12.1 Å². The van der Waals surface area contributed by atoms with Gasteiger partial charge in [-0.15, -0.1) is 0 Å². The molecule has 2 unspecified atom stereocenters. The first kappa shape index (κ1) is 15.0. The van der Waals surface area contributed by atoms with E-state index in [1.54, 1.807) is 26.0 Å². The Morgan fingerprint density at radius 2 is 2.05 bits per heavy atom. The Hall–Kier alpha value is -1.42. The van der Waals surface area contributed by atoms with Crippen LogP contribution in [0.3, 0.4) is 0 Å². The van der Waals surface area contributed by atoms with Crippen molar-refractivity contribution in [3.8, 4) is 0 Å². The Bertz CT molecular complexity index is 478. The summed E-state index contributed by atoms with van der Waals surface area (Å²) in [6.07, 6.45) is 1.77. The summed E-state index contributed by atoms with van der Waals surface area (Å²) in [5.41, 5.74) is 2.21. The molecule has 0 spiro atoms. The van der Waals surface area contributed by atoms with Crippen LogP contribution >= 0.6 is 0 Å². The molecule has 1 aromatic carbocycles. The van der Waals surface area contributed by atoms with Crippen molar-refractivity contribution in [1.82, 2.24) is 10.6 Å². The molecule has 2 atom stereocenters. The van der Waals surface area contributed by atoms with E-state index in [9.17, 15) is 9.18 Å². The predicted molar refractivity (Wildman–Crippen MR) is 77.9 cm³/mol. The minimum absolute atomic E-state index is 0.0916. The molecule has 1 heterocycles. The summed E-state index contributed by atoms with van der Waals surface area (Å²) in [5.74, 6) is 0.0409. The lowest BCUT2D eigenvalue weighted by atomic mass is 9.92. The highest BCUT2D eigenvalue weighted by atomic mass is 19.1. The van der Waals surface area contributed by atoms with E-state index in [0.717, 1.165) is 24.9 Å². The first-order valence-corrected chi connectivity index (χ1v) is 7.24. The van der Waals surface area contributed by atoms with Gasteiger partial charge in [-0.3, -0.25) is 4.79 Å². The van der Waals surface area contributed by atoms with Crippen molar-refractivity contribution >= 4 is 5.91 Å². The molecule has 0 aliphatic carbocycles. The largest absolute Gasteiger partial charge is 0.352 e. The van der Waals surface area contributed by atoms with Gasteiger partial charge in [0, 0.05) is 18.5 Å². The Balaban J connectivity index is 1.93. The number of carbonyl (C=O) groups excluding carboxylic acids is 1. The van der Waals surface area contributed by atoms with Gasteiger partial charge in [-0.2, -0.15) is 0 Å². The molecule has 1 amide bonds. The lowest BCUT2D eigenvalue weighted by molar-refractivity contribution is -0.126. The Morgan fingerprint density at radius 1 is 1.40 bits per heavy atom. The second-order valence-corrected chi connectivity index (χ2v) is 5.84. The summed E-state index contributed by atoms with van der Waals surface area (Å²) >= 11 is 0. The van der Waals surface area contributed by atoms with Crippen molar-refractivity contribution in [2.24, 2.45) is 5.92 Å². The zero-order valence-corrected chi connectivity index (χ0v) is 12.4. The molecule has 0 radical (unpaired) electrons. The van der Waals surface area contributed by atoms with Crippen molar-refractivity contribution < 1.29 is 9.18 Å². The van der Waals surface area contributed by atoms with E-state index in [1.807, 2.05) is 0 Å². The second-order valence-electron chi connectivity index (χ2n) is 5.84. The van der Waals surface area contributed by atoms with Crippen LogP contribution < -0.4 is 10.6 Å². The smallest absolute Gasteiger partial charge is 0.223 e. The Morgan fingerprint density at radius 3 is 2.65 bits per heavy atom. The van der Waals surface area contributed by atoms with E-state index in [0.29, 0.717) is 23.7 Å². The topological polar surface area (TPSA) is 41.1 Å². The molecular weight excluding hydrogens is 255 g/mol. The third kappa shape index (κ3) is 3.57. The number of benzene rings is 1. The van der Waals surface area contributed by atoms with E-state index >= 15 is 0 Å². The monoisotopic (exact) mass is 278 g/mol. The molecular formula is C16H23FN2O. The van der Waals surface area contributed by atoms with Crippen LogP contribution in [0, 0.1) is 25.6 Å². The molecule has 1 saturated heterocycles. The minimum Gasteiger partial charge on any atom is -0.352 e. The van der Waals surface area contributed by atoms with Crippen LogP contribution in [-0.2, 0) is 11.3 Å². The van der Waals surface area contributed by atoms with Gasteiger partial charge in [0.25, 0.3) is 0 Å². The fourth-order valence-electron chi connectivity index (χ4n) is 2.84. The summed E-state index contributed by atoms with van der Waals surface area (Å²) in [6, 6.07) is 4.00. The molecule has 3 nitrogen and oxygen atoms in total. The summed E-state index contributed by atoms with van der Waals surface area (Å²) in [7, 11) is 0. The highest BCUT2D eigenvalue weighted by Crippen LogP contribution is 2.17. The molecule has 4 heteroatoms. The third-order valence-corrected chi connectivity index (χ3v) is 3.96. The van der Waals surface area contributed by atoms with Gasteiger partial charge in [0.2, 0.25) is 5.91 Å². The standard InChI is InChI=1S/C16H23FN2O/c1-10-6-13(7-11(2)15(10)17)9-19-16(20)14-4-5-18-12(3)8-14/h6-7,12,14,18H,4-5,8-9H2,1-3H3,(H,19,20). The van der Waals surface area contributed by atoms with Crippen molar-refractivity contribution in [1.29, 1.82) is 0 Å². The quantitative estimate of drug-likeness (QED) is 0.891. The fourth-order valence-corrected chi connectivity index (χ4v) is 2.84. The summed E-state index contributed by atoms with van der Waals surface area (Å²) in [5, 5.41) is 6.31. The first-order chi connectivity index (χ1) is 9.47. The molecule has 1 aliphatic rings. The predicted octanol–water partition coefficient (Wildman–Crippen LogP) is 2.45. The molecule has 20 heavy (non-hydrogen) atoms. The van der Waals surface area contributed by atoms with Gasteiger partial charge >= 0.3 is 0 Å². The fraction of sp³-hybridized carbons (Fsp3) is 0.562. The van der Waals surface area contributed by atoms with E-state index in [4.69, 9.17) is 0 Å². The zero-order chi connectivity index (χ0) is 14.7. The van der Waals surface area contributed by atoms with Crippen LogP contribution in [-0.4, -0.2) is 18.5 Å². The third-order valence-electron chi connectivity index (χ3n) is 3.96. The van der Waals surface area contributed by atoms with E-state index in [-0.39, 0.29) is 17.6 Å². The SMILES string of the molecule is Cc1cc(CNC(=O)C2CCNC(C)C2)cc(C)c1F. The molecule has 2 rings (SSSR count). The van der Waals surface area contributed by atoms with Crippen LogP contribution in [0.2, 0.25) is 0 Å². The minimum atomic E-state index is -0.160. The van der Waals surface area contributed by atoms with Crippen LogP contribution in [0.5, 0.6) is 0 Å². The van der Waals surface area contributed by atoms with Gasteiger partial charge in [0.05, 0.1) is 0 Å². The normalized spacial score (nSPS) is 22.6. The number of amides is 1. The molecule has 1 fully saturated rings. The highest BCUT2D eigenvalue weighted by Gasteiger charge is 2.24. The zero-order valence-electron chi connectivity index (χ0n) is 12.4. The molecule has 0 saturated carbocycles. The molecule has 110 valence electrons. The number of nitrogens with one attached hydrogen (secondary N) is 2. The summed E-state index contributed by atoms with van der Waals surface area (Å²) < 4.78 is 13.5. The average molecular weight is 278 g/mol. The number of piperidine rings is 1.